The third kappa shape index (κ3) is 3.82. The number of nitrogens with one attached hydrogen (secondary N) is 1. The maximum absolute atomic E-state index is 12.6. The Bertz CT molecular complexity index is 1270. The van der Waals surface area contributed by atoms with Crippen LogP contribution in [0.25, 0.3) is 10.9 Å². The van der Waals surface area contributed by atoms with Crippen molar-refractivity contribution >= 4 is 31.0 Å². The van der Waals surface area contributed by atoms with Crippen LogP contribution in [-0.2, 0) is 4.74 Å². The summed E-state index contributed by atoms with van der Waals surface area (Å²) >= 11 is 0. The number of rotatable bonds is 5. The number of carbonyl (C=O) groups excluding carboxylic acids is 2. The summed E-state index contributed by atoms with van der Waals surface area (Å²) in [6, 6.07) is 12.0. The Morgan fingerprint density at radius 3 is 2.56 bits per heavy atom. The van der Waals surface area contributed by atoms with Crippen molar-refractivity contribution in [3.8, 4) is 5.75 Å². The second-order valence-electron chi connectivity index (χ2n) is 10.4. The molecule has 34 heavy (non-hydrogen) atoms. The molecule has 2 aromatic carbocycles. The molecule has 0 saturated carbocycles. The molecule has 1 atom stereocenters. The maximum Gasteiger partial charge on any atom is 0.338 e. The summed E-state index contributed by atoms with van der Waals surface area (Å²) in [4.78, 5) is 25.2. The quantitative estimate of drug-likeness (QED) is 0.385. The number of aromatic nitrogens is 1. The molecule has 0 aliphatic carbocycles. The van der Waals surface area contributed by atoms with Gasteiger partial charge in [0.15, 0.2) is 8.24 Å². The predicted octanol–water partition coefficient (Wildman–Crippen LogP) is 5.56. The van der Waals surface area contributed by atoms with E-state index >= 15 is 0 Å². The van der Waals surface area contributed by atoms with E-state index in [0.29, 0.717) is 23.5 Å². The van der Waals surface area contributed by atoms with Gasteiger partial charge in [0, 0.05) is 29.4 Å². The number of benzene rings is 2. The van der Waals surface area contributed by atoms with Gasteiger partial charge in [0.1, 0.15) is 5.75 Å². The van der Waals surface area contributed by atoms with Gasteiger partial charge < -0.3 is 19.0 Å². The smallest absolute Gasteiger partial charge is 0.338 e. The third-order valence-corrected chi connectivity index (χ3v) is 12.7. The lowest BCUT2D eigenvalue weighted by Crippen LogP contribution is -2.44. The molecule has 3 aromatic rings. The summed E-state index contributed by atoms with van der Waals surface area (Å²) in [5.41, 5.74) is 3.91. The van der Waals surface area contributed by atoms with E-state index in [0.717, 1.165) is 11.1 Å². The van der Waals surface area contributed by atoms with Crippen LogP contribution in [0.15, 0.2) is 42.6 Å². The Morgan fingerprint density at radius 2 is 1.91 bits per heavy atom. The summed E-state index contributed by atoms with van der Waals surface area (Å²) in [6.45, 7) is 14.2. The molecule has 0 saturated heterocycles. The lowest BCUT2D eigenvalue weighted by atomic mass is 9.88. The highest BCUT2D eigenvalue weighted by atomic mass is 28.3. The topological polar surface area (TPSA) is 69.6 Å². The second kappa shape index (κ2) is 8.62. The number of nitrogens with zero attached hydrogens (tertiary/aromatic N) is 1. The lowest BCUT2D eigenvalue weighted by Gasteiger charge is -2.38. The van der Waals surface area contributed by atoms with Gasteiger partial charge in [-0.3, -0.25) is 4.79 Å². The Morgan fingerprint density at radius 1 is 1.18 bits per heavy atom. The van der Waals surface area contributed by atoms with Crippen LogP contribution in [0.2, 0.25) is 18.1 Å². The van der Waals surface area contributed by atoms with Crippen molar-refractivity contribution in [3.05, 3.63) is 64.8 Å². The summed E-state index contributed by atoms with van der Waals surface area (Å²) in [5, 5.41) is 4.02. The van der Waals surface area contributed by atoms with Gasteiger partial charge in [0.2, 0.25) is 0 Å². The molecule has 0 fully saturated rings. The van der Waals surface area contributed by atoms with Crippen molar-refractivity contribution < 1.29 is 19.1 Å². The van der Waals surface area contributed by atoms with Crippen LogP contribution in [0.5, 0.6) is 5.75 Å². The number of ether oxygens (including phenoxy) is 2. The fourth-order valence-corrected chi connectivity index (χ4v) is 6.53. The molecule has 0 bridgehead atoms. The molecule has 2 heterocycles. The summed E-state index contributed by atoms with van der Waals surface area (Å²) in [6.07, 6.45) is 2.22. The molecule has 6 nitrogen and oxygen atoms in total. The highest BCUT2D eigenvalue weighted by Crippen LogP contribution is 2.45. The van der Waals surface area contributed by atoms with Crippen LogP contribution in [0.4, 0.5) is 0 Å². The molecule has 4 rings (SSSR count). The predicted molar refractivity (Wildman–Crippen MR) is 138 cm³/mol. The minimum Gasteiger partial charge on any atom is -0.491 e. The number of carbonyl (C=O) groups is 2. The van der Waals surface area contributed by atoms with Crippen LogP contribution in [0.3, 0.4) is 0 Å². The monoisotopic (exact) mass is 478 g/mol. The number of fused-ring (bicyclic) bond motifs is 2. The molecular weight excluding hydrogens is 444 g/mol. The van der Waals surface area contributed by atoms with Gasteiger partial charge in [0.05, 0.1) is 24.3 Å². The van der Waals surface area contributed by atoms with E-state index < -0.39 is 14.2 Å². The number of hydrogen-bond acceptors (Lipinski definition) is 4. The first-order chi connectivity index (χ1) is 16.0. The van der Waals surface area contributed by atoms with E-state index in [4.69, 9.17) is 9.47 Å². The van der Waals surface area contributed by atoms with Gasteiger partial charge >= 0.3 is 5.97 Å². The Balaban J connectivity index is 1.88. The van der Waals surface area contributed by atoms with E-state index in [2.05, 4.69) is 73.9 Å². The zero-order chi connectivity index (χ0) is 24.8. The zero-order valence-electron chi connectivity index (χ0n) is 21.1. The van der Waals surface area contributed by atoms with Gasteiger partial charge in [-0.25, -0.2) is 4.79 Å². The van der Waals surface area contributed by atoms with Crippen LogP contribution in [0.1, 0.15) is 65.5 Å². The Hall–Kier alpha value is -3.06. The largest absolute Gasteiger partial charge is 0.491 e. The fraction of sp³-hybridized carbons (Fsp3) is 0.407. The van der Waals surface area contributed by atoms with Gasteiger partial charge in [-0.1, -0.05) is 46.0 Å². The molecule has 1 aromatic heterocycles. The number of esters is 1. The summed E-state index contributed by atoms with van der Waals surface area (Å²) in [7, 11) is -0.246. The van der Waals surface area contributed by atoms with E-state index in [1.807, 2.05) is 6.07 Å². The van der Waals surface area contributed by atoms with Crippen molar-refractivity contribution in [2.75, 3.05) is 20.3 Å². The molecule has 1 aliphatic rings. The van der Waals surface area contributed by atoms with E-state index in [-0.39, 0.29) is 23.5 Å². The molecule has 1 N–H and O–H groups in total. The second-order valence-corrected chi connectivity index (χ2v) is 15.5. The van der Waals surface area contributed by atoms with E-state index in [1.165, 1.54) is 10.9 Å². The molecule has 0 spiro atoms. The Kier molecular flexibility index (Phi) is 6.10. The van der Waals surface area contributed by atoms with E-state index in [9.17, 15) is 9.59 Å². The highest BCUT2D eigenvalue weighted by molar-refractivity contribution is 6.79. The molecular formula is C27H34N2O4Si. The first kappa shape index (κ1) is 24.1. The van der Waals surface area contributed by atoms with Crippen molar-refractivity contribution in [3.63, 3.8) is 0 Å². The number of hydrogen-bond donors (Lipinski definition) is 1. The lowest BCUT2D eigenvalue weighted by molar-refractivity contribution is 0.0526. The van der Waals surface area contributed by atoms with Crippen molar-refractivity contribution in [1.29, 1.82) is 0 Å². The van der Waals surface area contributed by atoms with Gasteiger partial charge in [-0.2, -0.15) is 0 Å². The standard InChI is InChI=1S/C27H34N2O4Si/c1-8-32-26(31)17-14-20-22(16-33-24(20)21(15-17)25(30)28-5)18-10-9-11-23-19(18)12-13-29(23)34(6,7)27(2,3)4/h9-15,22H,8,16H2,1-7H3,(H,28,30). The Labute approximate surface area is 202 Å². The minimum atomic E-state index is -1.82. The number of amides is 1. The summed E-state index contributed by atoms with van der Waals surface area (Å²) in [5.74, 6) is -0.279. The van der Waals surface area contributed by atoms with Crippen LogP contribution in [-0.4, -0.2) is 44.6 Å². The SMILES string of the molecule is CCOC(=O)c1cc(C(=O)NC)c2c(c1)C(c1cccc3c1ccn3[Si](C)(C)C(C)(C)C)CO2. The minimum absolute atomic E-state index is 0.0910. The van der Waals surface area contributed by atoms with E-state index in [1.54, 1.807) is 20.0 Å². The molecule has 7 heteroatoms. The normalized spacial score (nSPS) is 15.7. The van der Waals surface area contributed by atoms with Crippen LogP contribution in [0, 0.1) is 0 Å². The van der Waals surface area contributed by atoms with Gasteiger partial charge in [-0.15, -0.1) is 0 Å². The van der Waals surface area contributed by atoms with Crippen LogP contribution >= 0.6 is 0 Å². The zero-order valence-corrected chi connectivity index (χ0v) is 22.1. The average Bonchev–Trinajstić information content (AvgIpc) is 3.41. The average molecular weight is 479 g/mol. The molecule has 0 radical (unpaired) electrons. The molecule has 1 unspecified atom stereocenters. The highest BCUT2D eigenvalue weighted by Gasteiger charge is 2.39. The van der Waals surface area contributed by atoms with Crippen molar-refractivity contribution in [2.45, 2.75) is 51.7 Å². The fourth-order valence-electron chi connectivity index (χ4n) is 4.56. The first-order valence-electron chi connectivity index (χ1n) is 11.8. The van der Waals surface area contributed by atoms with Crippen molar-refractivity contribution in [1.82, 2.24) is 9.55 Å². The maximum atomic E-state index is 12.6. The first-order valence-corrected chi connectivity index (χ1v) is 14.8. The molecule has 1 amide bonds. The van der Waals surface area contributed by atoms with Gasteiger partial charge in [-0.05, 0) is 48.0 Å². The molecule has 1 aliphatic heterocycles. The van der Waals surface area contributed by atoms with Gasteiger partial charge in [0.25, 0.3) is 5.91 Å². The summed E-state index contributed by atoms with van der Waals surface area (Å²) < 4.78 is 13.8. The third-order valence-electron chi connectivity index (χ3n) is 7.45. The van der Waals surface area contributed by atoms with Crippen LogP contribution < -0.4 is 10.1 Å². The molecule has 180 valence electrons. The van der Waals surface area contributed by atoms with Crippen molar-refractivity contribution in [2.24, 2.45) is 0 Å².